The van der Waals surface area contributed by atoms with Gasteiger partial charge in [0.05, 0.1) is 16.4 Å². The Morgan fingerprint density at radius 3 is 2.87 bits per heavy atom. The minimum Gasteiger partial charge on any atom is -0.486 e. The summed E-state index contributed by atoms with van der Waals surface area (Å²) >= 11 is 6.13. The maximum atomic E-state index is 13.0. The molecule has 0 spiro atoms. The number of nitrogens with zero attached hydrogens (tertiary/aromatic N) is 2. The number of para-hydroxylation sites is 1. The minimum atomic E-state index is -0.00251. The standard InChI is InChI=1S/C23H22ClN3O4/c24-18-3-1-2-4-20(18)31-14-17-12-19(26-25-17)16-7-8-27(13-16)23(28)15-5-6-21-22(11-15)30-10-9-29-21/h1-6,11-12,16H,7-10,13-14H2,(H,25,26)/t16-/m1/s1. The molecule has 31 heavy (non-hydrogen) atoms. The van der Waals surface area contributed by atoms with Gasteiger partial charge in [-0.2, -0.15) is 5.10 Å². The number of aromatic nitrogens is 2. The van der Waals surface area contributed by atoms with E-state index < -0.39 is 0 Å². The van der Waals surface area contributed by atoms with Gasteiger partial charge in [-0.15, -0.1) is 0 Å². The van der Waals surface area contributed by atoms with E-state index in [9.17, 15) is 4.79 Å². The molecule has 1 amide bonds. The number of nitrogens with one attached hydrogen (secondary N) is 1. The van der Waals surface area contributed by atoms with Gasteiger partial charge < -0.3 is 19.1 Å². The van der Waals surface area contributed by atoms with Crippen molar-refractivity contribution in [2.75, 3.05) is 26.3 Å². The molecule has 8 heteroatoms. The molecule has 5 rings (SSSR count). The molecule has 1 atom stereocenters. The summed E-state index contributed by atoms with van der Waals surface area (Å²) in [6, 6.07) is 14.7. The molecule has 0 saturated carbocycles. The number of carbonyl (C=O) groups is 1. The summed E-state index contributed by atoms with van der Waals surface area (Å²) in [5, 5.41) is 8.05. The number of halogens is 1. The number of benzene rings is 2. The van der Waals surface area contributed by atoms with E-state index in [1.807, 2.05) is 29.2 Å². The average molecular weight is 440 g/mol. The van der Waals surface area contributed by atoms with Crippen molar-refractivity contribution >= 4 is 17.5 Å². The van der Waals surface area contributed by atoms with Crippen molar-refractivity contribution in [3.8, 4) is 17.2 Å². The van der Waals surface area contributed by atoms with E-state index in [1.165, 1.54) is 0 Å². The molecule has 3 aromatic rings. The van der Waals surface area contributed by atoms with E-state index in [0.717, 1.165) is 17.8 Å². The van der Waals surface area contributed by atoms with Gasteiger partial charge in [0.2, 0.25) is 0 Å². The predicted molar refractivity (Wildman–Crippen MR) is 115 cm³/mol. The number of H-pyrrole nitrogens is 1. The fourth-order valence-corrected chi connectivity index (χ4v) is 4.12. The zero-order valence-electron chi connectivity index (χ0n) is 16.8. The number of ether oxygens (including phenoxy) is 3. The normalized spacial score (nSPS) is 17.6. The average Bonchev–Trinajstić information content (AvgIpc) is 3.47. The lowest BCUT2D eigenvalue weighted by atomic mass is 10.1. The highest BCUT2D eigenvalue weighted by Crippen LogP contribution is 2.33. The molecule has 0 aliphatic carbocycles. The quantitative estimate of drug-likeness (QED) is 0.649. The fraction of sp³-hybridized carbons (Fsp3) is 0.304. The second kappa shape index (κ2) is 8.51. The maximum absolute atomic E-state index is 13.0. The lowest BCUT2D eigenvalue weighted by molar-refractivity contribution is 0.0789. The van der Waals surface area contributed by atoms with E-state index in [-0.39, 0.29) is 11.8 Å². The third-order valence-electron chi connectivity index (χ3n) is 5.55. The van der Waals surface area contributed by atoms with Gasteiger partial charge in [-0.05, 0) is 42.8 Å². The van der Waals surface area contributed by atoms with Crippen LogP contribution in [0.1, 0.15) is 34.1 Å². The Morgan fingerprint density at radius 1 is 1.16 bits per heavy atom. The van der Waals surface area contributed by atoms with Crippen LogP contribution < -0.4 is 14.2 Å². The smallest absolute Gasteiger partial charge is 0.254 e. The molecule has 1 aromatic heterocycles. The molecule has 2 aromatic carbocycles. The zero-order chi connectivity index (χ0) is 21.2. The largest absolute Gasteiger partial charge is 0.486 e. The van der Waals surface area contributed by atoms with Gasteiger partial charge in [-0.3, -0.25) is 9.89 Å². The Bertz CT molecular complexity index is 1100. The molecular weight excluding hydrogens is 418 g/mol. The van der Waals surface area contributed by atoms with E-state index in [2.05, 4.69) is 10.2 Å². The third kappa shape index (κ3) is 4.18. The van der Waals surface area contributed by atoms with Crippen LogP contribution in [0, 0.1) is 0 Å². The van der Waals surface area contributed by atoms with Crippen molar-refractivity contribution in [2.45, 2.75) is 18.9 Å². The van der Waals surface area contributed by atoms with Crippen LogP contribution in [0.2, 0.25) is 5.02 Å². The molecule has 2 aliphatic heterocycles. The highest BCUT2D eigenvalue weighted by Gasteiger charge is 2.30. The molecule has 0 unspecified atom stereocenters. The Balaban J connectivity index is 1.21. The summed E-state index contributed by atoms with van der Waals surface area (Å²) in [5.41, 5.74) is 2.42. The number of likely N-dealkylation sites (tertiary alicyclic amines) is 1. The van der Waals surface area contributed by atoms with Gasteiger partial charge in [0.1, 0.15) is 25.6 Å². The van der Waals surface area contributed by atoms with Gasteiger partial charge in [0.25, 0.3) is 5.91 Å². The van der Waals surface area contributed by atoms with Gasteiger partial charge >= 0.3 is 0 Å². The molecule has 7 nitrogen and oxygen atoms in total. The van der Waals surface area contributed by atoms with Crippen molar-refractivity contribution in [1.29, 1.82) is 0 Å². The highest BCUT2D eigenvalue weighted by atomic mass is 35.5. The Morgan fingerprint density at radius 2 is 2.00 bits per heavy atom. The number of carbonyl (C=O) groups excluding carboxylic acids is 1. The van der Waals surface area contributed by atoms with Crippen molar-refractivity contribution in [1.82, 2.24) is 15.1 Å². The van der Waals surface area contributed by atoms with Crippen LogP contribution in [0.15, 0.2) is 48.5 Å². The first kappa shape index (κ1) is 19.8. The van der Waals surface area contributed by atoms with Gasteiger partial charge in [0, 0.05) is 24.6 Å². The number of hydrogen-bond donors (Lipinski definition) is 1. The topological polar surface area (TPSA) is 76.7 Å². The summed E-state index contributed by atoms with van der Waals surface area (Å²) in [4.78, 5) is 14.8. The highest BCUT2D eigenvalue weighted by molar-refractivity contribution is 6.32. The lowest BCUT2D eigenvalue weighted by Gasteiger charge is -2.20. The van der Waals surface area contributed by atoms with Crippen LogP contribution in [0.25, 0.3) is 0 Å². The zero-order valence-corrected chi connectivity index (χ0v) is 17.6. The van der Waals surface area contributed by atoms with E-state index in [4.69, 9.17) is 25.8 Å². The van der Waals surface area contributed by atoms with E-state index >= 15 is 0 Å². The molecule has 160 valence electrons. The summed E-state index contributed by atoms with van der Waals surface area (Å²) in [6.45, 7) is 2.70. The van der Waals surface area contributed by atoms with E-state index in [0.29, 0.717) is 60.7 Å². The second-order valence-electron chi connectivity index (χ2n) is 7.63. The SMILES string of the molecule is O=C(c1ccc2c(c1)OCCO2)N1CC[C@@H](c2cc(COc3ccccc3Cl)[nH]n2)C1. The predicted octanol–water partition coefficient (Wildman–Crippen LogP) is 4.04. The van der Waals surface area contributed by atoms with Crippen LogP contribution in [-0.4, -0.2) is 47.3 Å². The monoisotopic (exact) mass is 439 g/mol. The summed E-state index contributed by atoms with van der Waals surface area (Å²) < 4.78 is 16.9. The number of hydrogen-bond acceptors (Lipinski definition) is 5. The molecule has 2 aliphatic rings. The van der Waals surface area contributed by atoms with Crippen LogP contribution in [-0.2, 0) is 6.61 Å². The maximum Gasteiger partial charge on any atom is 0.254 e. The molecule has 0 bridgehead atoms. The molecule has 1 fully saturated rings. The van der Waals surface area contributed by atoms with Crippen molar-refractivity contribution < 1.29 is 19.0 Å². The van der Waals surface area contributed by atoms with Crippen molar-refractivity contribution in [3.63, 3.8) is 0 Å². The first-order valence-corrected chi connectivity index (χ1v) is 10.7. The van der Waals surface area contributed by atoms with Gasteiger partial charge in [-0.25, -0.2) is 0 Å². The first-order valence-electron chi connectivity index (χ1n) is 10.3. The Hall–Kier alpha value is -3.19. The van der Waals surface area contributed by atoms with Gasteiger partial charge in [0.15, 0.2) is 11.5 Å². The number of aromatic amines is 1. The lowest BCUT2D eigenvalue weighted by Crippen LogP contribution is -2.28. The molecule has 1 N–H and O–H groups in total. The van der Waals surface area contributed by atoms with Crippen LogP contribution in [0.3, 0.4) is 0 Å². The minimum absolute atomic E-state index is 0.00251. The molecule has 3 heterocycles. The third-order valence-corrected chi connectivity index (χ3v) is 5.87. The van der Waals surface area contributed by atoms with Crippen molar-refractivity contribution in [3.05, 3.63) is 70.5 Å². The van der Waals surface area contributed by atoms with Crippen LogP contribution >= 0.6 is 11.6 Å². The number of rotatable bonds is 5. The Kier molecular flexibility index (Phi) is 5.42. The summed E-state index contributed by atoms with van der Waals surface area (Å²) in [6.07, 6.45) is 0.867. The molecular formula is C23H22ClN3O4. The van der Waals surface area contributed by atoms with E-state index in [1.54, 1.807) is 24.3 Å². The van der Waals surface area contributed by atoms with Crippen LogP contribution in [0.4, 0.5) is 0 Å². The summed E-state index contributed by atoms with van der Waals surface area (Å²) in [7, 11) is 0. The number of fused-ring (bicyclic) bond motifs is 1. The van der Waals surface area contributed by atoms with Crippen molar-refractivity contribution in [2.24, 2.45) is 0 Å². The van der Waals surface area contributed by atoms with Crippen LogP contribution in [0.5, 0.6) is 17.2 Å². The fourth-order valence-electron chi connectivity index (χ4n) is 3.92. The molecule has 1 saturated heterocycles. The second-order valence-corrected chi connectivity index (χ2v) is 8.04. The number of amides is 1. The first-order chi connectivity index (χ1) is 15.2. The molecule has 0 radical (unpaired) electrons. The summed E-state index contributed by atoms with van der Waals surface area (Å²) in [5.74, 6) is 2.13. The van der Waals surface area contributed by atoms with Gasteiger partial charge in [-0.1, -0.05) is 23.7 Å². The Labute approximate surface area is 184 Å².